The minimum Gasteiger partial charge on any atom is -0.486 e. The maximum Gasteiger partial charge on any atom is 0.416 e. The number of aliphatic imine (C=N–C) groups is 1. The van der Waals surface area contributed by atoms with Gasteiger partial charge in [-0.25, -0.2) is 4.99 Å². The fourth-order valence-corrected chi connectivity index (χ4v) is 2.46. The number of guanidine groups is 1. The number of hydrogen-bond acceptors (Lipinski definition) is 3. The van der Waals surface area contributed by atoms with Gasteiger partial charge in [0.1, 0.15) is 12.7 Å². The summed E-state index contributed by atoms with van der Waals surface area (Å²) < 4.78 is 49.5. The van der Waals surface area contributed by atoms with E-state index in [-0.39, 0.29) is 18.6 Å². The Morgan fingerprint density at radius 1 is 1.15 bits per heavy atom. The number of ether oxygens (including phenoxy) is 2. The minimum absolute atomic E-state index is 0.0492. The Labute approximate surface area is 148 Å². The number of halogens is 3. The van der Waals surface area contributed by atoms with E-state index >= 15 is 0 Å². The fourth-order valence-electron chi connectivity index (χ4n) is 2.46. The van der Waals surface area contributed by atoms with Crippen molar-refractivity contribution in [1.29, 1.82) is 0 Å². The summed E-state index contributed by atoms with van der Waals surface area (Å²) in [6.45, 7) is 0.783. The molecule has 0 amide bonds. The molecule has 5 nitrogen and oxygen atoms in total. The van der Waals surface area contributed by atoms with Gasteiger partial charge in [-0.05, 0) is 29.8 Å². The number of fused-ring (bicyclic) bond motifs is 1. The summed E-state index contributed by atoms with van der Waals surface area (Å²) in [6.07, 6.45) is -4.62. The molecule has 0 saturated carbocycles. The zero-order valence-corrected chi connectivity index (χ0v) is 13.8. The van der Waals surface area contributed by atoms with Crippen LogP contribution in [-0.4, -0.2) is 25.2 Å². The van der Waals surface area contributed by atoms with Crippen LogP contribution < -0.4 is 20.5 Å². The van der Waals surface area contributed by atoms with E-state index in [1.807, 2.05) is 24.3 Å². The lowest BCUT2D eigenvalue weighted by Gasteiger charge is -2.26. The Bertz CT molecular complexity index is 793. The maximum absolute atomic E-state index is 12.7. The molecule has 1 heterocycles. The molecule has 1 atom stereocenters. The molecular weight excluding hydrogens is 347 g/mol. The van der Waals surface area contributed by atoms with E-state index in [1.165, 1.54) is 6.07 Å². The SMILES string of the molecule is NC(=NCc1cccc(C(F)(F)F)c1)NCC1COc2ccccc2O1. The van der Waals surface area contributed by atoms with E-state index in [0.29, 0.717) is 30.2 Å². The average molecular weight is 365 g/mol. The number of nitrogens with one attached hydrogen (secondary N) is 1. The summed E-state index contributed by atoms with van der Waals surface area (Å²) in [4.78, 5) is 4.07. The third kappa shape index (κ3) is 4.59. The highest BCUT2D eigenvalue weighted by Gasteiger charge is 2.30. The van der Waals surface area contributed by atoms with Crippen molar-refractivity contribution >= 4 is 5.96 Å². The first-order chi connectivity index (χ1) is 12.4. The van der Waals surface area contributed by atoms with E-state index in [9.17, 15) is 13.2 Å². The van der Waals surface area contributed by atoms with Crippen LogP contribution in [0.3, 0.4) is 0 Å². The van der Waals surface area contributed by atoms with Crippen molar-refractivity contribution in [2.24, 2.45) is 10.7 Å². The number of alkyl halides is 3. The summed E-state index contributed by atoms with van der Waals surface area (Å²) in [5, 5.41) is 2.90. The predicted molar refractivity (Wildman–Crippen MR) is 91.1 cm³/mol. The highest BCUT2D eigenvalue weighted by molar-refractivity contribution is 5.77. The van der Waals surface area contributed by atoms with Gasteiger partial charge in [-0.15, -0.1) is 0 Å². The van der Waals surface area contributed by atoms with Crippen molar-refractivity contribution in [3.63, 3.8) is 0 Å². The molecule has 138 valence electrons. The quantitative estimate of drug-likeness (QED) is 0.646. The summed E-state index contributed by atoms with van der Waals surface area (Å²) in [6, 6.07) is 12.3. The van der Waals surface area contributed by atoms with Crippen molar-refractivity contribution in [1.82, 2.24) is 5.32 Å². The molecule has 2 aromatic rings. The lowest BCUT2D eigenvalue weighted by molar-refractivity contribution is -0.137. The number of nitrogens with two attached hydrogens (primary N) is 1. The Hall–Kier alpha value is -2.90. The van der Waals surface area contributed by atoms with Crippen LogP contribution in [0.2, 0.25) is 0 Å². The van der Waals surface area contributed by atoms with Gasteiger partial charge < -0.3 is 20.5 Å². The van der Waals surface area contributed by atoms with Crippen LogP contribution in [0.4, 0.5) is 13.2 Å². The first-order valence-corrected chi connectivity index (χ1v) is 8.00. The van der Waals surface area contributed by atoms with Crippen molar-refractivity contribution in [2.75, 3.05) is 13.2 Å². The van der Waals surface area contributed by atoms with Gasteiger partial charge in [-0.1, -0.05) is 24.3 Å². The van der Waals surface area contributed by atoms with E-state index in [4.69, 9.17) is 15.2 Å². The van der Waals surface area contributed by atoms with E-state index in [2.05, 4.69) is 10.3 Å². The zero-order valence-electron chi connectivity index (χ0n) is 13.8. The number of rotatable bonds is 4. The molecular formula is C18H18F3N3O2. The molecule has 0 bridgehead atoms. The molecule has 8 heteroatoms. The highest BCUT2D eigenvalue weighted by atomic mass is 19.4. The van der Waals surface area contributed by atoms with E-state index in [0.717, 1.165) is 12.1 Å². The van der Waals surface area contributed by atoms with Crippen LogP contribution >= 0.6 is 0 Å². The second-order valence-electron chi connectivity index (χ2n) is 5.78. The first kappa shape index (κ1) is 17.9. The molecule has 26 heavy (non-hydrogen) atoms. The van der Waals surface area contributed by atoms with Crippen LogP contribution in [0.25, 0.3) is 0 Å². The Morgan fingerprint density at radius 3 is 2.69 bits per heavy atom. The van der Waals surface area contributed by atoms with Crippen molar-refractivity contribution in [2.45, 2.75) is 18.8 Å². The molecule has 3 rings (SSSR count). The second-order valence-corrected chi connectivity index (χ2v) is 5.78. The number of para-hydroxylation sites is 2. The van der Waals surface area contributed by atoms with E-state index in [1.54, 1.807) is 6.07 Å². The first-order valence-electron chi connectivity index (χ1n) is 8.00. The van der Waals surface area contributed by atoms with Crippen LogP contribution in [-0.2, 0) is 12.7 Å². The molecule has 0 spiro atoms. The normalized spacial score (nSPS) is 17.0. The standard InChI is InChI=1S/C18H18F3N3O2/c19-18(20,21)13-5-3-4-12(8-13)9-23-17(22)24-10-14-11-25-15-6-1-2-7-16(15)26-14/h1-8,14H,9-11H2,(H3,22,23,24). The van der Waals surface area contributed by atoms with Gasteiger partial charge >= 0.3 is 6.18 Å². The van der Waals surface area contributed by atoms with Crippen LogP contribution in [0.15, 0.2) is 53.5 Å². The summed E-state index contributed by atoms with van der Waals surface area (Å²) in [5.41, 5.74) is 5.50. The smallest absolute Gasteiger partial charge is 0.416 e. The van der Waals surface area contributed by atoms with E-state index < -0.39 is 11.7 Å². The largest absolute Gasteiger partial charge is 0.486 e. The Morgan fingerprint density at radius 2 is 1.92 bits per heavy atom. The van der Waals surface area contributed by atoms with Gasteiger partial charge in [0.2, 0.25) is 0 Å². The minimum atomic E-state index is -4.38. The van der Waals surface area contributed by atoms with Crippen LogP contribution in [0, 0.1) is 0 Å². The van der Waals surface area contributed by atoms with Gasteiger partial charge in [0.15, 0.2) is 17.5 Å². The lowest BCUT2D eigenvalue weighted by Crippen LogP contribution is -2.43. The molecule has 0 aliphatic carbocycles. The zero-order chi connectivity index (χ0) is 18.6. The molecule has 1 unspecified atom stereocenters. The number of nitrogens with zero attached hydrogens (tertiary/aromatic N) is 1. The molecule has 0 radical (unpaired) electrons. The summed E-state index contributed by atoms with van der Waals surface area (Å²) in [5.74, 6) is 1.48. The van der Waals surface area contributed by atoms with Gasteiger partial charge in [0.05, 0.1) is 18.7 Å². The van der Waals surface area contributed by atoms with Gasteiger partial charge in [-0.3, -0.25) is 0 Å². The maximum atomic E-state index is 12.7. The third-order valence-electron chi connectivity index (χ3n) is 3.76. The van der Waals surface area contributed by atoms with Crippen molar-refractivity contribution in [3.05, 3.63) is 59.7 Å². The van der Waals surface area contributed by atoms with Gasteiger partial charge in [0.25, 0.3) is 0 Å². The van der Waals surface area contributed by atoms with Gasteiger partial charge in [0, 0.05) is 0 Å². The second kappa shape index (κ2) is 7.55. The molecule has 0 aromatic heterocycles. The Kier molecular flexibility index (Phi) is 5.20. The van der Waals surface area contributed by atoms with Crippen LogP contribution in [0.1, 0.15) is 11.1 Å². The molecule has 1 aliphatic rings. The monoisotopic (exact) mass is 365 g/mol. The third-order valence-corrected chi connectivity index (χ3v) is 3.76. The molecule has 2 aromatic carbocycles. The fraction of sp³-hybridized carbons (Fsp3) is 0.278. The molecule has 3 N–H and O–H groups in total. The molecule has 0 fully saturated rings. The van der Waals surface area contributed by atoms with Crippen molar-refractivity contribution < 1.29 is 22.6 Å². The molecule has 0 saturated heterocycles. The highest BCUT2D eigenvalue weighted by Crippen LogP contribution is 2.31. The topological polar surface area (TPSA) is 68.9 Å². The number of benzene rings is 2. The summed E-state index contributed by atoms with van der Waals surface area (Å²) in [7, 11) is 0. The van der Waals surface area contributed by atoms with Gasteiger partial charge in [-0.2, -0.15) is 13.2 Å². The Balaban J connectivity index is 1.52. The number of hydrogen-bond donors (Lipinski definition) is 2. The molecule has 1 aliphatic heterocycles. The van der Waals surface area contributed by atoms with Crippen molar-refractivity contribution in [3.8, 4) is 11.5 Å². The average Bonchev–Trinajstić information content (AvgIpc) is 2.64. The predicted octanol–water partition coefficient (Wildman–Crippen LogP) is 2.95. The lowest BCUT2D eigenvalue weighted by atomic mass is 10.1. The van der Waals surface area contributed by atoms with Crippen LogP contribution in [0.5, 0.6) is 11.5 Å². The summed E-state index contributed by atoms with van der Waals surface area (Å²) >= 11 is 0.